The first-order valence-electron chi connectivity index (χ1n) is 7.59. The molecule has 1 N–H and O–H groups in total. The van der Waals surface area contributed by atoms with E-state index >= 15 is 0 Å². The lowest BCUT2D eigenvalue weighted by molar-refractivity contribution is 0.216. The van der Waals surface area contributed by atoms with Gasteiger partial charge in [-0.05, 0) is 38.6 Å². The summed E-state index contributed by atoms with van der Waals surface area (Å²) in [4.78, 5) is 16.2. The van der Waals surface area contributed by atoms with Crippen molar-refractivity contribution in [3.8, 4) is 0 Å². The third-order valence-corrected chi connectivity index (χ3v) is 4.19. The lowest BCUT2D eigenvalue weighted by Gasteiger charge is -2.24. The predicted octanol–water partition coefficient (Wildman–Crippen LogP) is 3.16. The Morgan fingerprint density at radius 3 is 2.64 bits per heavy atom. The summed E-state index contributed by atoms with van der Waals surface area (Å²) in [6.07, 6.45) is 2.14. The molecule has 0 spiro atoms. The zero-order valence-electron chi connectivity index (χ0n) is 13.3. The molecule has 1 aromatic carbocycles. The maximum Gasteiger partial charge on any atom is 0.321 e. The number of urea groups is 1. The summed E-state index contributed by atoms with van der Waals surface area (Å²) in [7, 11) is 4.04. The number of benzene rings is 1. The van der Waals surface area contributed by atoms with Gasteiger partial charge in [-0.1, -0.05) is 13.3 Å². The summed E-state index contributed by atoms with van der Waals surface area (Å²) < 4.78 is 26.1. The van der Waals surface area contributed by atoms with E-state index in [4.69, 9.17) is 0 Å². The first-order chi connectivity index (χ1) is 10.4. The maximum absolute atomic E-state index is 13.2. The fraction of sp³-hybridized carbons (Fsp3) is 0.562. The molecule has 1 heterocycles. The van der Waals surface area contributed by atoms with Gasteiger partial charge in [0.25, 0.3) is 0 Å². The van der Waals surface area contributed by atoms with Gasteiger partial charge in [0, 0.05) is 30.9 Å². The first kappa shape index (κ1) is 16.7. The van der Waals surface area contributed by atoms with Crippen molar-refractivity contribution in [3.05, 3.63) is 29.8 Å². The SMILES string of the molecule is CCC[C@@H]1CN(C(=O)Nc2ccc(F)c(F)c2)C[C@H]1N(C)C. The van der Waals surface area contributed by atoms with Crippen molar-refractivity contribution in [1.82, 2.24) is 9.80 Å². The van der Waals surface area contributed by atoms with E-state index in [9.17, 15) is 13.6 Å². The molecule has 0 saturated carbocycles. The standard InChI is InChI=1S/C16H23F2N3O/c1-4-5-11-9-21(10-15(11)20(2)3)16(22)19-12-6-7-13(17)14(18)8-12/h6-8,11,15H,4-5,9-10H2,1-3H3,(H,19,22)/t11-,15-/m1/s1. The third kappa shape index (κ3) is 3.74. The molecule has 2 rings (SSSR count). The second-order valence-electron chi connectivity index (χ2n) is 6.04. The summed E-state index contributed by atoms with van der Waals surface area (Å²) in [6.45, 7) is 3.47. The van der Waals surface area contributed by atoms with E-state index in [1.807, 2.05) is 14.1 Å². The van der Waals surface area contributed by atoms with Crippen molar-refractivity contribution in [2.75, 3.05) is 32.5 Å². The van der Waals surface area contributed by atoms with E-state index in [1.54, 1.807) is 4.90 Å². The van der Waals surface area contributed by atoms with Gasteiger partial charge in [-0.15, -0.1) is 0 Å². The molecule has 6 heteroatoms. The number of anilines is 1. The fourth-order valence-electron chi connectivity index (χ4n) is 3.04. The minimum atomic E-state index is -0.964. The van der Waals surface area contributed by atoms with Gasteiger partial charge in [-0.3, -0.25) is 0 Å². The minimum absolute atomic E-state index is 0.267. The number of amides is 2. The van der Waals surface area contributed by atoms with Crippen LogP contribution in [-0.2, 0) is 0 Å². The number of likely N-dealkylation sites (tertiary alicyclic amines) is 1. The number of nitrogens with zero attached hydrogens (tertiary/aromatic N) is 2. The number of halogens is 2. The second kappa shape index (κ2) is 7.05. The molecular formula is C16H23F2N3O. The number of carbonyl (C=O) groups is 1. The Kier molecular flexibility index (Phi) is 5.34. The predicted molar refractivity (Wildman–Crippen MR) is 82.8 cm³/mol. The van der Waals surface area contributed by atoms with Gasteiger partial charge in [0.15, 0.2) is 11.6 Å². The summed E-state index contributed by atoms with van der Waals surface area (Å²) >= 11 is 0. The van der Waals surface area contributed by atoms with Crippen molar-refractivity contribution in [2.45, 2.75) is 25.8 Å². The summed E-state index contributed by atoms with van der Waals surface area (Å²) in [6, 6.07) is 3.43. The summed E-state index contributed by atoms with van der Waals surface area (Å²) in [5, 5.41) is 2.64. The zero-order chi connectivity index (χ0) is 16.3. The molecule has 2 atom stereocenters. The number of nitrogens with one attached hydrogen (secondary N) is 1. The van der Waals surface area contributed by atoms with Crippen LogP contribution in [0, 0.1) is 17.6 Å². The molecule has 1 aromatic rings. The maximum atomic E-state index is 13.2. The normalized spacial score (nSPS) is 21.5. The van der Waals surface area contributed by atoms with Gasteiger partial charge < -0.3 is 15.1 Å². The van der Waals surface area contributed by atoms with Crippen molar-refractivity contribution < 1.29 is 13.6 Å². The number of likely N-dealkylation sites (N-methyl/N-ethyl adjacent to an activating group) is 1. The summed E-state index contributed by atoms with van der Waals surface area (Å²) in [5.41, 5.74) is 0.268. The molecule has 22 heavy (non-hydrogen) atoms. The number of hydrogen-bond donors (Lipinski definition) is 1. The molecule has 0 radical (unpaired) electrons. The lowest BCUT2D eigenvalue weighted by Crippen LogP contribution is -2.37. The van der Waals surface area contributed by atoms with E-state index in [-0.39, 0.29) is 11.7 Å². The van der Waals surface area contributed by atoms with Crippen molar-refractivity contribution >= 4 is 11.7 Å². The molecule has 4 nitrogen and oxygen atoms in total. The highest BCUT2D eigenvalue weighted by molar-refractivity contribution is 5.89. The molecule has 1 aliphatic heterocycles. The van der Waals surface area contributed by atoms with Gasteiger partial charge in [0.1, 0.15) is 0 Å². The van der Waals surface area contributed by atoms with Crippen molar-refractivity contribution in [3.63, 3.8) is 0 Å². The molecule has 1 fully saturated rings. The molecule has 0 aromatic heterocycles. The van der Waals surface area contributed by atoms with Gasteiger partial charge >= 0.3 is 6.03 Å². The molecule has 0 aliphatic carbocycles. The Hall–Kier alpha value is -1.69. The molecule has 1 saturated heterocycles. The van der Waals surface area contributed by atoms with Gasteiger partial charge in [0.05, 0.1) is 0 Å². The highest BCUT2D eigenvalue weighted by atomic mass is 19.2. The summed E-state index contributed by atoms with van der Waals surface area (Å²) in [5.74, 6) is -1.44. The van der Waals surface area contributed by atoms with Crippen LogP contribution in [0.5, 0.6) is 0 Å². The van der Waals surface area contributed by atoms with E-state index < -0.39 is 11.6 Å². The van der Waals surface area contributed by atoms with E-state index in [2.05, 4.69) is 17.1 Å². The van der Waals surface area contributed by atoms with Crippen LogP contribution in [0.2, 0.25) is 0 Å². The van der Waals surface area contributed by atoms with Crippen LogP contribution in [0.4, 0.5) is 19.3 Å². The topological polar surface area (TPSA) is 35.6 Å². The molecule has 0 bridgehead atoms. The Bertz CT molecular complexity index is 536. The van der Waals surface area contributed by atoms with Crippen LogP contribution in [0.3, 0.4) is 0 Å². The van der Waals surface area contributed by atoms with E-state index in [1.165, 1.54) is 6.07 Å². The average molecular weight is 311 g/mol. The lowest BCUT2D eigenvalue weighted by atomic mass is 9.98. The van der Waals surface area contributed by atoms with Crippen LogP contribution in [0.1, 0.15) is 19.8 Å². The molecule has 0 unspecified atom stereocenters. The molecule has 2 amide bonds. The Balaban J connectivity index is 2.02. The zero-order valence-corrected chi connectivity index (χ0v) is 13.3. The Labute approximate surface area is 130 Å². The van der Waals surface area contributed by atoms with Gasteiger partial charge in [0.2, 0.25) is 0 Å². The number of hydrogen-bond acceptors (Lipinski definition) is 2. The fourth-order valence-corrected chi connectivity index (χ4v) is 3.04. The first-order valence-corrected chi connectivity index (χ1v) is 7.59. The van der Waals surface area contributed by atoms with Gasteiger partial charge in [-0.25, -0.2) is 13.6 Å². The van der Waals surface area contributed by atoms with E-state index in [0.717, 1.165) is 25.0 Å². The highest BCUT2D eigenvalue weighted by Crippen LogP contribution is 2.25. The smallest absolute Gasteiger partial charge is 0.321 e. The minimum Gasteiger partial charge on any atom is -0.323 e. The second-order valence-corrected chi connectivity index (χ2v) is 6.04. The molecule has 122 valence electrons. The van der Waals surface area contributed by atoms with Crippen LogP contribution in [0.15, 0.2) is 18.2 Å². The van der Waals surface area contributed by atoms with Crippen molar-refractivity contribution in [2.24, 2.45) is 5.92 Å². The van der Waals surface area contributed by atoms with Crippen LogP contribution >= 0.6 is 0 Å². The highest BCUT2D eigenvalue weighted by Gasteiger charge is 2.35. The largest absolute Gasteiger partial charge is 0.323 e. The number of rotatable bonds is 4. The monoisotopic (exact) mass is 311 g/mol. The van der Waals surface area contributed by atoms with Crippen LogP contribution < -0.4 is 5.32 Å². The third-order valence-electron chi connectivity index (χ3n) is 4.19. The van der Waals surface area contributed by atoms with Crippen LogP contribution in [-0.4, -0.2) is 49.1 Å². The molecule has 1 aliphatic rings. The van der Waals surface area contributed by atoms with Crippen molar-refractivity contribution in [1.29, 1.82) is 0 Å². The Morgan fingerprint density at radius 2 is 2.05 bits per heavy atom. The molecular weight excluding hydrogens is 288 g/mol. The average Bonchev–Trinajstić information content (AvgIpc) is 2.88. The van der Waals surface area contributed by atoms with Crippen LogP contribution in [0.25, 0.3) is 0 Å². The Morgan fingerprint density at radius 1 is 1.32 bits per heavy atom. The van der Waals surface area contributed by atoms with E-state index in [0.29, 0.717) is 25.0 Å². The number of carbonyl (C=O) groups excluding carboxylic acids is 1. The van der Waals surface area contributed by atoms with Gasteiger partial charge in [-0.2, -0.15) is 0 Å². The quantitative estimate of drug-likeness (QED) is 0.927.